The van der Waals surface area contributed by atoms with E-state index in [4.69, 9.17) is 20.6 Å². The van der Waals surface area contributed by atoms with E-state index in [0.717, 1.165) is 17.1 Å². The van der Waals surface area contributed by atoms with Crippen LogP contribution in [0.3, 0.4) is 0 Å². The average Bonchev–Trinajstić information content (AvgIpc) is 3.47. The molecule has 54 heavy (non-hydrogen) atoms. The summed E-state index contributed by atoms with van der Waals surface area (Å²) in [6.45, 7) is 0. The number of para-hydroxylation sites is 1. The lowest BCUT2D eigenvalue weighted by Gasteiger charge is -2.32. The molecule has 3 aromatic heterocycles. The van der Waals surface area contributed by atoms with Crippen LogP contribution in [-0.2, 0) is 31.2 Å². The summed E-state index contributed by atoms with van der Waals surface area (Å²) in [7, 11) is -7.33. The molecule has 15 nitrogen and oxygen atoms in total. The number of fused-ring (bicyclic) bond motifs is 2. The van der Waals surface area contributed by atoms with Gasteiger partial charge < -0.3 is 26.5 Å². The maximum absolute atomic E-state index is 14.5. The van der Waals surface area contributed by atoms with Crippen LogP contribution < -0.4 is 16.8 Å². The summed E-state index contributed by atoms with van der Waals surface area (Å²) >= 11 is 0. The van der Waals surface area contributed by atoms with Gasteiger partial charge in [-0.1, -0.05) is 18.2 Å². The van der Waals surface area contributed by atoms with Gasteiger partial charge >= 0.3 is 12.1 Å². The zero-order valence-corrected chi connectivity index (χ0v) is 30.4. The van der Waals surface area contributed by atoms with E-state index >= 15 is 0 Å². The summed E-state index contributed by atoms with van der Waals surface area (Å²) in [5.74, 6) is -1.91. The molecule has 6 rings (SSSR count). The quantitative estimate of drug-likeness (QED) is 0.122. The van der Waals surface area contributed by atoms with Gasteiger partial charge in [0.15, 0.2) is 0 Å². The molecule has 1 fully saturated rings. The summed E-state index contributed by atoms with van der Waals surface area (Å²) in [6, 6.07) is 14.2. The number of alkyl halides is 3. The molecular weight excluding hydrogens is 758 g/mol. The number of pyridine rings is 2. The molecule has 1 unspecified atom stereocenters. The van der Waals surface area contributed by atoms with Crippen LogP contribution in [0.1, 0.15) is 41.6 Å². The van der Waals surface area contributed by atoms with Crippen LogP contribution in [0, 0.1) is 5.92 Å². The number of benzene rings is 2. The lowest BCUT2D eigenvalue weighted by atomic mass is 9.81. The first-order valence-electron chi connectivity index (χ1n) is 16.0. The molecule has 5 aromatic rings. The summed E-state index contributed by atoms with van der Waals surface area (Å²) in [5, 5.41) is 13.3. The van der Waals surface area contributed by atoms with Gasteiger partial charge in [0, 0.05) is 52.3 Å². The maximum Gasteiger partial charge on any atom is 0.418 e. The largest absolute Gasteiger partial charge is 0.480 e. The third-order valence-corrected chi connectivity index (χ3v) is 8.36. The van der Waals surface area contributed by atoms with Crippen molar-refractivity contribution in [2.45, 2.75) is 43.9 Å². The molecule has 1 aliphatic rings. The van der Waals surface area contributed by atoms with Crippen LogP contribution in [0.2, 0.25) is 0 Å². The van der Waals surface area contributed by atoms with Gasteiger partial charge in [-0.25, -0.2) is 4.98 Å². The van der Waals surface area contributed by atoms with Crippen molar-refractivity contribution in [3.05, 3.63) is 84.3 Å². The van der Waals surface area contributed by atoms with Gasteiger partial charge in [-0.05, 0) is 73.6 Å². The summed E-state index contributed by atoms with van der Waals surface area (Å²) in [6.07, 6.45) is 3.12. The van der Waals surface area contributed by atoms with Crippen molar-refractivity contribution in [3.8, 4) is 16.8 Å². The van der Waals surface area contributed by atoms with Crippen LogP contribution >= 0.6 is 0 Å². The molecule has 1 amide bonds. The van der Waals surface area contributed by atoms with Crippen LogP contribution in [0.25, 0.3) is 38.8 Å². The Kier molecular flexibility index (Phi) is 12.7. The van der Waals surface area contributed by atoms with E-state index in [1.807, 2.05) is 24.3 Å². The zero-order valence-electron chi connectivity index (χ0n) is 28.7. The standard InChI is InChI=1S/C32H29F3N6O3.2CH4O3S/c33-32(34,35)24-16-41(30-27(24)22(11-12-38-30)19-13-18-3-1-2-4-25(18)39-15-19)21-9-10-23(29(37)42)26(14-21)40-20-7-5-17(6-8-20)28(36)31(43)44;2*1-5(2,3)4/h1-4,9-17,20,28,40H,5-8,36H2,(H2,37,42)(H,43,44);2*1H3,(H,2,3,4). The second-order valence-corrected chi connectivity index (χ2v) is 15.5. The number of nitrogens with one attached hydrogen (secondary N) is 1. The van der Waals surface area contributed by atoms with Crippen LogP contribution in [0.4, 0.5) is 18.9 Å². The Morgan fingerprint density at radius 1 is 0.944 bits per heavy atom. The number of anilines is 1. The van der Waals surface area contributed by atoms with E-state index in [1.165, 1.54) is 22.9 Å². The van der Waals surface area contributed by atoms with Crippen LogP contribution in [0.15, 0.2) is 73.2 Å². The zero-order chi connectivity index (χ0) is 40.2. The molecular formula is C34H37F3N6O9S2. The number of carbonyl (C=O) groups excluding carboxylic acids is 1. The van der Waals surface area contributed by atoms with Gasteiger partial charge in [-0.2, -0.15) is 30.0 Å². The van der Waals surface area contributed by atoms with E-state index in [9.17, 15) is 44.7 Å². The molecule has 2 aromatic carbocycles. The minimum absolute atomic E-state index is 0.0707. The van der Waals surface area contributed by atoms with Gasteiger partial charge in [0.05, 0.1) is 29.2 Å². The van der Waals surface area contributed by atoms with Crippen LogP contribution in [-0.4, -0.2) is 82.1 Å². The number of carboxylic acids is 1. The highest BCUT2D eigenvalue weighted by Crippen LogP contribution is 2.42. The van der Waals surface area contributed by atoms with E-state index in [1.54, 1.807) is 24.4 Å². The third-order valence-electron chi connectivity index (χ3n) is 8.36. The topological polar surface area (TPSA) is 258 Å². The number of hydrogen-bond acceptors (Lipinski definition) is 10. The Labute approximate surface area is 307 Å². The Morgan fingerprint density at radius 2 is 1.56 bits per heavy atom. The van der Waals surface area contributed by atoms with Crippen molar-refractivity contribution in [2.24, 2.45) is 17.4 Å². The normalized spacial score (nSPS) is 16.7. The number of rotatable bonds is 7. The first-order chi connectivity index (χ1) is 25.0. The third kappa shape index (κ3) is 11.2. The number of aliphatic carboxylic acids is 1. The number of amides is 1. The molecule has 3 heterocycles. The van der Waals surface area contributed by atoms with Gasteiger partial charge in [0.1, 0.15) is 11.7 Å². The minimum Gasteiger partial charge on any atom is -0.480 e. The smallest absolute Gasteiger partial charge is 0.418 e. The number of nitrogens with two attached hydrogens (primary N) is 2. The number of nitrogens with zero attached hydrogens (tertiary/aromatic N) is 3. The first-order valence-corrected chi connectivity index (χ1v) is 19.7. The fraction of sp³-hybridized carbons (Fsp3) is 0.294. The molecule has 8 N–H and O–H groups in total. The van der Waals surface area contributed by atoms with E-state index in [0.29, 0.717) is 60.7 Å². The van der Waals surface area contributed by atoms with E-state index in [2.05, 4.69) is 15.3 Å². The van der Waals surface area contributed by atoms with Crippen LogP contribution in [0.5, 0.6) is 0 Å². The number of aromatic nitrogens is 3. The Hall–Kier alpha value is -5.15. The Morgan fingerprint density at radius 3 is 2.13 bits per heavy atom. The molecule has 290 valence electrons. The maximum atomic E-state index is 14.5. The number of primary amides is 1. The molecule has 0 saturated heterocycles. The number of carbonyl (C=O) groups is 2. The molecule has 0 radical (unpaired) electrons. The fourth-order valence-corrected chi connectivity index (χ4v) is 6.08. The van der Waals surface area contributed by atoms with E-state index < -0.39 is 49.9 Å². The monoisotopic (exact) mass is 794 g/mol. The van der Waals surface area contributed by atoms with Crippen molar-refractivity contribution in [3.63, 3.8) is 0 Å². The molecule has 20 heteroatoms. The SMILES string of the molecule is CS(=O)(=O)O.CS(=O)(=O)O.NC(=O)c1ccc(-n2cc(C(F)(F)F)c3c(-c4cnc5ccccc5c4)ccnc32)cc1NC1CCC(C(N)C(=O)O)CC1. The van der Waals surface area contributed by atoms with Crippen molar-refractivity contribution < 1.29 is 53.8 Å². The van der Waals surface area contributed by atoms with Crippen molar-refractivity contribution in [1.29, 1.82) is 0 Å². The van der Waals surface area contributed by atoms with Crippen molar-refractivity contribution in [1.82, 2.24) is 14.5 Å². The summed E-state index contributed by atoms with van der Waals surface area (Å²) in [5.41, 5.74) is 13.2. The highest BCUT2D eigenvalue weighted by atomic mass is 32.2. The predicted molar refractivity (Wildman–Crippen MR) is 195 cm³/mol. The minimum atomic E-state index is -4.69. The molecule has 1 saturated carbocycles. The number of halogens is 3. The molecule has 1 aliphatic carbocycles. The second kappa shape index (κ2) is 16.5. The lowest BCUT2D eigenvalue weighted by Crippen LogP contribution is -2.41. The van der Waals surface area contributed by atoms with Crippen molar-refractivity contribution >= 4 is 59.7 Å². The summed E-state index contributed by atoms with van der Waals surface area (Å²) < 4.78 is 96.6. The molecule has 1 atom stereocenters. The molecule has 0 aliphatic heterocycles. The highest BCUT2D eigenvalue weighted by molar-refractivity contribution is 7.85. The fourth-order valence-electron chi connectivity index (χ4n) is 6.08. The lowest BCUT2D eigenvalue weighted by molar-refractivity contribution is -0.140. The average molecular weight is 795 g/mol. The predicted octanol–water partition coefficient (Wildman–Crippen LogP) is 4.75. The Balaban J connectivity index is 0.000000577. The van der Waals surface area contributed by atoms with Gasteiger partial charge in [0.2, 0.25) is 0 Å². The van der Waals surface area contributed by atoms with E-state index in [-0.39, 0.29) is 28.6 Å². The van der Waals surface area contributed by atoms with Crippen molar-refractivity contribution in [2.75, 3.05) is 17.8 Å². The number of carboxylic acid groups (broad SMARTS) is 1. The van der Waals surface area contributed by atoms with Gasteiger partial charge in [0.25, 0.3) is 26.1 Å². The van der Waals surface area contributed by atoms with Gasteiger partial charge in [-0.15, -0.1) is 0 Å². The number of hydrogen-bond donors (Lipinski definition) is 6. The highest BCUT2D eigenvalue weighted by Gasteiger charge is 2.37. The Bertz CT molecular complexity index is 2350. The molecule has 0 bridgehead atoms. The second-order valence-electron chi connectivity index (χ2n) is 12.6. The first kappa shape index (κ1) is 41.6. The molecule has 0 spiro atoms. The summed E-state index contributed by atoms with van der Waals surface area (Å²) in [4.78, 5) is 32.4. The van der Waals surface area contributed by atoms with Gasteiger partial charge in [-0.3, -0.25) is 23.7 Å².